The van der Waals surface area contributed by atoms with E-state index in [1.165, 1.54) is 6.07 Å². The summed E-state index contributed by atoms with van der Waals surface area (Å²) < 4.78 is 10.4. The maximum absolute atomic E-state index is 12.5. The third-order valence-electron chi connectivity index (χ3n) is 3.83. The predicted molar refractivity (Wildman–Crippen MR) is 92.9 cm³/mol. The normalized spacial score (nSPS) is 10.6. The van der Waals surface area contributed by atoms with Crippen molar-refractivity contribution >= 4 is 22.6 Å². The number of carbonyl (C=O) groups is 1. The molecule has 3 aromatic rings. The Morgan fingerprint density at radius 1 is 1.08 bits per heavy atom. The number of amides is 1. The highest BCUT2D eigenvalue weighted by atomic mass is 16.5. The number of aryl methyl sites for hydroxylation is 2. The number of hydrogen-bond acceptors (Lipinski definition) is 4. The fraction of sp³-hybridized carbons (Fsp3) is 0.158. The Morgan fingerprint density at radius 3 is 2.62 bits per heavy atom. The summed E-state index contributed by atoms with van der Waals surface area (Å²) in [4.78, 5) is 24.6. The Hall–Kier alpha value is -3.08. The van der Waals surface area contributed by atoms with Crippen LogP contribution in [0.25, 0.3) is 11.0 Å². The van der Waals surface area contributed by atoms with Crippen LogP contribution in [0.5, 0.6) is 5.75 Å². The molecule has 0 bridgehead atoms. The lowest BCUT2D eigenvalue weighted by Gasteiger charge is -2.09. The summed E-state index contributed by atoms with van der Waals surface area (Å²) >= 11 is 0. The van der Waals surface area contributed by atoms with E-state index in [0.29, 0.717) is 22.4 Å². The van der Waals surface area contributed by atoms with E-state index in [0.717, 1.165) is 11.1 Å². The van der Waals surface area contributed by atoms with Gasteiger partial charge in [-0.2, -0.15) is 0 Å². The number of rotatable bonds is 3. The van der Waals surface area contributed by atoms with Gasteiger partial charge in [0.25, 0.3) is 5.91 Å². The van der Waals surface area contributed by atoms with E-state index < -0.39 is 11.5 Å². The minimum atomic E-state index is -0.671. The van der Waals surface area contributed by atoms with Gasteiger partial charge in [0, 0.05) is 11.1 Å². The van der Waals surface area contributed by atoms with E-state index in [9.17, 15) is 9.59 Å². The molecule has 0 aliphatic rings. The summed E-state index contributed by atoms with van der Waals surface area (Å²) in [5, 5.41) is 3.40. The number of carbonyl (C=O) groups excluding carboxylic acids is 1. The molecule has 0 saturated carbocycles. The van der Waals surface area contributed by atoms with Gasteiger partial charge < -0.3 is 14.5 Å². The lowest BCUT2D eigenvalue weighted by molar-refractivity contribution is 0.102. The molecule has 0 spiro atoms. The first-order valence-corrected chi connectivity index (χ1v) is 7.48. The number of methoxy groups -OCH3 is 1. The van der Waals surface area contributed by atoms with Gasteiger partial charge >= 0.3 is 5.63 Å². The number of anilines is 1. The average Bonchev–Trinajstić information content (AvgIpc) is 2.57. The second-order valence-electron chi connectivity index (χ2n) is 5.62. The van der Waals surface area contributed by atoms with Gasteiger partial charge in [-0.05, 0) is 55.3 Å². The summed E-state index contributed by atoms with van der Waals surface area (Å²) in [6.07, 6.45) is 0. The number of hydrogen-bond donors (Lipinski definition) is 1. The highest BCUT2D eigenvalue weighted by Crippen LogP contribution is 2.21. The first kappa shape index (κ1) is 15.8. The molecule has 0 fully saturated rings. The Labute approximate surface area is 138 Å². The number of ether oxygens (including phenoxy) is 1. The van der Waals surface area contributed by atoms with Crippen LogP contribution >= 0.6 is 0 Å². The van der Waals surface area contributed by atoms with Gasteiger partial charge in [-0.1, -0.05) is 12.1 Å². The van der Waals surface area contributed by atoms with Crippen LogP contribution < -0.4 is 15.7 Å². The molecule has 2 aromatic carbocycles. The van der Waals surface area contributed by atoms with Crippen molar-refractivity contribution in [2.24, 2.45) is 0 Å². The molecule has 1 amide bonds. The van der Waals surface area contributed by atoms with Gasteiger partial charge in [0.05, 0.1) is 7.11 Å². The average molecular weight is 323 g/mol. The molecule has 0 unspecified atom stereocenters. The molecule has 24 heavy (non-hydrogen) atoms. The highest BCUT2D eigenvalue weighted by Gasteiger charge is 2.15. The third-order valence-corrected chi connectivity index (χ3v) is 3.83. The molecule has 5 heteroatoms. The lowest BCUT2D eigenvalue weighted by atomic mass is 10.1. The van der Waals surface area contributed by atoms with Crippen LogP contribution in [0.2, 0.25) is 0 Å². The fourth-order valence-electron chi connectivity index (χ4n) is 2.45. The van der Waals surface area contributed by atoms with Crippen LogP contribution in [-0.4, -0.2) is 13.0 Å². The van der Waals surface area contributed by atoms with E-state index in [1.54, 1.807) is 25.3 Å². The largest absolute Gasteiger partial charge is 0.497 e. The molecule has 0 atom stereocenters. The van der Waals surface area contributed by atoms with Crippen molar-refractivity contribution < 1.29 is 13.9 Å². The summed E-state index contributed by atoms with van der Waals surface area (Å²) in [6, 6.07) is 12.3. The number of nitrogens with one attached hydrogen (secondary N) is 1. The zero-order valence-electron chi connectivity index (χ0n) is 13.7. The Kier molecular flexibility index (Phi) is 4.08. The van der Waals surface area contributed by atoms with Crippen LogP contribution in [0, 0.1) is 13.8 Å². The van der Waals surface area contributed by atoms with E-state index in [1.807, 2.05) is 32.0 Å². The Balaban J connectivity index is 2.01. The Bertz CT molecular complexity index is 988. The van der Waals surface area contributed by atoms with Gasteiger partial charge in [0.2, 0.25) is 0 Å². The van der Waals surface area contributed by atoms with Crippen LogP contribution in [0.3, 0.4) is 0 Å². The minimum Gasteiger partial charge on any atom is -0.497 e. The van der Waals surface area contributed by atoms with E-state index >= 15 is 0 Å². The van der Waals surface area contributed by atoms with Gasteiger partial charge in [-0.15, -0.1) is 0 Å². The fourth-order valence-corrected chi connectivity index (χ4v) is 2.45. The smallest absolute Gasteiger partial charge is 0.349 e. The zero-order chi connectivity index (χ0) is 17.3. The molecule has 122 valence electrons. The van der Waals surface area contributed by atoms with Gasteiger partial charge in [0.15, 0.2) is 0 Å². The van der Waals surface area contributed by atoms with E-state index in [2.05, 4.69) is 5.32 Å². The first-order valence-electron chi connectivity index (χ1n) is 7.48. The van der Waals surface area contributed by atoms with Crippen molar-refractivity contribution in [2.45, 2.75) is 13.8 Å². The topological polar surface area (TPSA) is 68.5 Å². The van der Waals surface area contributed by atoms with Crippen molar-refractivity contribution in [2.75, 3.05) is 12.4 Å². The number of benzene rings is 2. The molecule has 0 radical (unpaired) electrons. The maximum atomic E-state index is 12.5. The second-order valence-corrected chi connectivity index (χ2v) is 5.62. The molecule has 5 nitrogen and oxygen atoms in total. The molecule has 0 saturated heterocycles. The van der Waals surface area contributed by atoms with Crippen LogP contribution in [0.15, 0.2) is 51.7 Å². The highest BCUT2D eigenvalue weighted by molar-refractivity contribution is 6.05. The van der Waals surface area contributed by atoms with Crippen LogP contribution in [0.1, 0.15) is 21.5 Å². The van der Waals surface area contributed by atoms with Crippen molar-refractivity contribution in [3.63, 3.8) is 0 Å². The SMILES string of the molecule is COc1ccc2oc(=O)c(C(=O)Nc3cc(C)ccc3C)cc2c1. The molecule has 3 rings (SSSR count). The predicted octanol–water partition coefficient (Wildman–Crippen LogP) is 3.67. The van der Waals surface area contributed by atoms with Crippen molar-refractivity contribution in [1.82, 2.24) is 0 Å². The van der Waals surface area contributed by atoms with Gasteiger partial charge in [-0.25, -0.2) is 4.79 Å². The molecular formula is C19H17NO4. The molecule has 1 aromatic heterocycles. The van der Waals surface area contributed by atoms with Crippen LogP contribution in [0.4, 0.5) is 5.69 Å². The summed E-state index contributed by atoms with van der Waals surface area (Å²) in [5.74, 6) is 0.124. The monoisotopic (exact) mass is 323 g/mol. The van der Waals surface area contributed by atoms with E-state index in [-0.39, 0.29) is 5.56 Å². The lowest BCUT2D eigenvalue weighted by Crippen LogP contribution is -2.21. The third kappa shape index (κ3) is 3.01. The molecule has 0 aliphatic carbocycles. The van der Waals surface area contributed by atoms with Crippen molar-refractivity contribution in [1.29, 1.82) is 0 Å². The maximum Gasteiger partial charge on any atom is 0.349 e. The summed E-state index contributed by atoms with van der Waals surface area (Å²) in [5.41, 5.74) is 2.30. The molecule has 0 aliphatic heterocycles. The molecule has 1 heterocycles. The van der Waals surface area contributed by atoms with Gasteiger partial charge in [0.1, 0.15) is 16.9 Å². The van der Waals surface area contributed by atoms with Gasteiger partial charge in [-0.3, -0.25) is 4.79 Å². The standard InChI is InChI=1S/C19H17NO4/c1-11-4-5-12(2)16(8-11)20-18(21)15-10-13-9-14(23-3)6-7-17(13)24-19(15)22/h4-10H,1-3H3,(H,20,21). The Morgan fingerprint density at radius 2 is 1.88 bits per heavy atom. The summed E-state index contributed by atoms with van der Waals surface area (Å²) in [7, 11) is 1.55. The van der Waals surface area contributed by atoms with Crippen molar-refractivity contribution in [3.05, 3.63) is 69.6 Å². The van der Waals surface area contributed by atoms with Crippen LogP contribution in [-0.2, 0) is 0 Å². The molecular weight excluding hydrogens is 306 g/mol. The van der Waals surface area contributed by atoms with Crippen molar-refractivity contribution in [3.8, 4) is 5.75 Å². The second kappa shape index (κ2) is 6.20. The number of fused-ring (bicyclic) bond motifs is 1. The summed E-state index contributed by atoms with van der Waals surface area (Å²) in [6.45, 7) is 3.83. The zero-order valence-corrected chi connectivity index (χ0v) is 13.7. The quantitative estimate of drug-likeness (QED) is 0.747. The van der Waals surface area contributed by atoms with E-state index in [4.69, 9.17) is 9.15 Å². The minimum absolute atomic E-state index is 0.0448. The molecule has 1 N–H and O–H groups in total. The first-order chi connectivity index (χ1) is 11.5.